The van der Waals surface area contributed by atoms with Gasteiger partial charge >= 0.3 is 0 Å². The molecule has 0 radical (unpaired) electrons. The van der Waals surface area contributed by atoms with E-state index in [2.05, 4.69) is 25.8 Å². The average Bonchev–Trinajstić information content (AvgIpc) is 2.85. The van der Waals surface area contributed by atoms with E-state index in [1.165, 1.54) is 12.3 Å². The Balaban J connectivity index is 2.30. The van der Waals surface area contributed by atoms with Crippen LogP contribution in [-0.2, 0) is 23.2 Å². The molecule has 2 rings (SSSR count). The van der Waals surface area contributed by atoms with E-state index in [-0.39, 0.29) is 11.5 Å². The predicted octanol–water partition coefficient (Wildman–Crippen LogP) is 1.96. The molecular weight excluding hydrogens is 346 g/mol. The van der Waals surface area contributed by atoms with E-state index in [1.807, 2.05) is 6.92 Å². The Bertz CT molecular complexity index is 712. The number of aryl methyl sites for hydroxylation is 1. The molecule has 1 aromatic carbocycles. The Kier molecular flexibility index (Phi) is 4.46. The Morgan fingerprint density at radius 1 is 1.45 bits per heavy atom. The van der Waals surface area contributed by atoms with Crippen molar-refractivity contribution in [2.24, 2.45) is 0 Å². The summed E-state index contributed by atoms with van der Waals surface area (Å²) in [6.07, 6.45) is 3.07. The van der Waals surface area contributed by atoms with E-state index in [1.54, 1.807) is 23.0 Å². The highest BCUT2D eigenvalue weighted by Crippen LogP contribution is 2.25. The minimum Gasteiger partial charge on any atom is -0.392 e. The molecule has 20 heavy (non-hydrogen) atoms. The number of nitrogens with one attached hydrogen (secondary N) is 1. The predicted molar refractivity (Wildman–Crippen MR) is 78.8 cm³/mol. The highest BCUT2D eigenvalue weighted by molar-refractivity contribution is 9.10. The monoisotopic (exact) mass is 359 g/mol. The summed E-state index contributed by atoms with van der Waals surface area (Å²) in [5.41, 5.74) is 1.04. The van der Waals surface area contributed by atoms with Crippen molar-refractivity contribution in [1.82, 2.24) is 9.78 Å². The summed E-state index contributed by atoms with van der Waals surface area (Å²) in [5, 5.41) is 13.0. The summed E-state index contributed by atoms with van der Waals surface area (Å²) in [6.45, 7) is 2.43. The molecule has 0 amide bonds. The van der Waals surface area contributed by atoms with Gasteiger partial charge in [0.1, 0.15) is 4.90 Å². The van der Waals surface area contributed by atoms with Gasteiger partial charge in [0, 0.05) is 17.2 Å². The van der Waals surface area contributed by atoms with Crippen molar-refractivity contribution in [3.05, 3.63) is 40.6 Å². The number of halogens is 1. The van der Waals surface area contributed by atoms with E-state index < -0.39 is 10.0 Å². The summed E-state index contributed by atoms with van der Waals surface area (Å²) in [7, 11) is -3.70. The van der Waals surface area contributed by atoms with Crippen LogP contribution in [0.25, 0.3) is 0 Å². The lowest BCUT2D eigenvalue weighted by molar-refractivity contribution is 0.281. The van der Waals surface area contributed by atoms with Crippen LogP contribution in [0.1, 0.15) is 12.5 Å². The van der Waals surface area contributed by atoms with Crippen LogP contribution < -0.4 is 4.72 Å². The van der Waals surface area contributed by atoms with Crippen LogP contribution in [0.15, 0.2) is 40.0 Å². The third kappa shape index (κ3) is 3.20. The van der Waals surface area contributed by atoms with Crippen LogP contribution in [0.3, 0.4) is 0 Å². The summed E-state index contributed by atoms with van der Waals surface area (Å²) in [6, 6.07) is 4.58. The van der Waals surface area contributed by atoms with Crippen LogP contribution in [0.4, 0.5) is 5.69 Å². The standard InChI is InChI=1S/C12H14BrN3O3S/c1-2-16-7-10(6-14-16)15-20(18,19)12-4-3-9(8-17)5-11(12)13/h3-7,15,17H,2,8H2,1H3. The van der Waals surface area contributed by atoms with E-state index in [0.717, 1.165) is 0 Å². The van der Waals surface area contributed by atoms with Gasteiger partial charge in [-0.3, -0.25) is 9.40 Å². The van der Waals surface area contributed by atoms with Gasteiger partial charge in [0.25, 0.3) is 10.0 Å². The summed E-state index contributed by atoms with van der Waals surface area (Å²) in [5.74, 6) is 0. The van der Waals surface area contributed by atoms with Gasteiger partial charge in [-0.05, 0) is 40.5 Å². The second-order valence-corrected chi connectivity index (χ2v) is 6.62. The molecule has 2 aromatic rings. The first-order valence-corrected chi connectivity index (χ1v) is 8.18. The van der Waals surface area contributed by atoms with Gasteiger partial charge in [-0.2, -0.15) is 5.10 Å². The highest BCUT2D eigenvalue weighted by atomic mass is 79.9. The molecule has 1 heterocycles. The van der Waals surface area contributed by atoms with Crippen LogP contribution in [0.2, 0.25) is 0 Å². The minimum absolute atomic E-state index is 0.110. The van der Waals surface area contributed by atoms with Gasteiger partial charge in [-0.25, -0.2) is 8.42 Å². The zero-order chi connectivity index (χ0) is 14.8. The largest absolute Gasteiger partial charge is 0.392 e. The van der Waals surface area contributed by atoms with Crippen LogP contribution in [0.5, 0.6) is 0 Å². The molecule has 8 heteroatoms. The molecule has 0 atom stereocenters. The molecule has 6 nitrogen and oxygen atoms in total. The highest BCUT2D eigenvalue weighted by Gasteiger charge is 2.18. The molecule has 1 aromatic heterocycles. The maximum atomic E-state index is 12.3. The van der Waals surface area contributed by atoms with Crippen molar-refractivity contribution in [1.29, 1.82) is 0 Å². The minimum atomic E-state index is -3.70. The lowest BCUT2D eigenvalue weighted by Gasteiger charge is -2.08. The second-order valence-electron chi connectivity index (χ2n) is 4.11. The first kappa shape index (κ1) is 15.0. The second kappa shape index (κ2) is 5.94. The molecule has 108 valence electrons. The van der Waals surface area contributed by atoms with Gasteiger partial charge in [0.2, 0.25) is 0 Å². The van der Waals surface area contributed by atoms with Gasteiger partial charge in [-0.1, -0.05) is 6.07 Å². The molecule has 0 spiro atoms. The Morgan fingerprint density at radius 3 is 2.75 bits per heavy atom. The van der Waals surface area contributed by atoms with Crippen molar-refractivity contribution < 1.29 is 13.5 Å². The lowest BCUT2D eigenvalue weighted by atomic mass is 10.2. The quantitative estimate of drug-likeness (QED) is 0.854. The topological polar surface area (TPSA) is 84.2 Å². The third-order valence-corrected chi connectivity index (χ3v) is 5.04. The number of anilines is 1. The molecule has 0 aliphatic carbocycles. The molecule has 0 saturated carbocycles. The molecule has 0 saturated heterocycles. The number of hydrogen-bond donors (Lipinski definition) is 2. The van der Waals surface area contributed by atoms with Crippen molar-refractivity contribution in [3.63, 3.8) is 0 Å². The first-order valence-electron chi connectivity index (χ1n) is 5.91. The number of aliphatic hydroxyl groups excluding tert-OH is 1. The van der Waals surface area contributed by atoms with Crippen molar-refractivity contribution in [3.8, 4) is 0 Å². The smallest absolute Gasteiger partial charge is 0.263 e. The first-order chi connectivity index (χ1) is 9.46. The van der Waals surface area contributed by atoms with Gasteiger partial charge < -0.3 is 5.11 Å². The number of rotatable bonds is 5. The third-order valence-electron chi connectivity index (χ3n) is 2.68. The fourth-order valence-electron chi connectivity index (χ4n) is 1.66. The number of sulfonamides is 1. The van der Waals surface area contributed by atoms with Crippen molar-refractivity contribution in [2.45, 2.75) is 25.0 Å². The average molecular weight is 360 g/mol. The maximum absolute atomic E-state index is 12.3. The SMILES string of the molecule is CCn1cc(NS(=O)(=O)c2ccc(CO)cc2Br)cn1. The number of benzene rings is 1. The molecule has 2 N–H and O–H groups in total. The Morgan fingerprint density at radius 2 is 2.20 bits per heavy atom. The zero-order valence-corrected chi connectivity index (χ0v) is 13.1. The van der Waals surface area contributed by atoms with Gasteiger partial charge in [-0.15, -0.1) is 0 Å². The van der Waals surface area contributed by atoms with Gasteiger partial charge in [0.05, 0.1) is 18.5 Å². The van der Waals surface area contributed by atoms with Crippen LogP contribution >= 0.6 is 15.9 Å². The maximum Gasteiger partial charge on any atom is 0.263 e. The normalized spacial score (nSPS) is 11.6. The number of hydrogen-bond acceptors (Lipinski definition) is 4. The van der Waals surface area contributed by atoms with Crippen LogP contribution in [0, 0.1) is 0 Å². The fourth-order valence-corrected chi connectivity index (χ4v) is 3.81. The number of nitrogens with zero attached hydrogens (tertiary/aromatic N) is 2. The summed E-state index contributed by atoms with van der Waals surface area (Å²) in [4.78, 5) is 0.110. The number of aliphatic hydroxyl groups is 1. The van der Waals surface area contributed by atoms with E-state index in [9.17, 15) is 8.42 Å². The van der Waals surface area contributed by atoms with E-state index in [4.69, 9.17) is 5.11 Å². The number of aromatic nitrogens is 2. The van der Waals surface area contributed by atoms with Gasteiger partial charge in [0.15, 0.2) is 0 Å². The fraction of sp³-hybridized carbons (Fsp3) is 0.250. The Hall–Kier alpha value is -1.38. The molecule has 0 unspecified atom stereocenters. The molecular formula is C12H14BrN3O3S. The van der Waals surface area contributed by atoms with Crippen molar-refractivity contribution in [2.75, 3.05) is 4.72 Å². The molecule has 0 aliphatic rings. The summed E-state index contributed by atoms with van der Waals surface area (Å²) < 4.78 is 29.1. The van der Waals surface area contributed by atoms with E-state index >= 15 is 0 Å². The Labute approximate surface area is 125 Å². The molecule has 0 bridgehead atoms. The molecule has 0 aliphatic heterocycles. The van der Waals surface area contributed by atoms with E-state index in [0.29, 0.717) is 22.3 Å². The summed E-state index contributed by atoms with van der Waals surface area (Å²) >= 11 is 3.20. The molecule has 0 fully saturated rings. The lowest BCUT2D eigenvalue weighted by Crippen LogP contribution is -2.13. The zero-order valence-electron chi connectivity index (χ0n) is 10.7. The van der Waals surface area contributed by atoms with Crippen molar-refractivity contribution >= 4 is 31.6 Å². The van der Waals surface area contributed by atoms with Crippen LogP contribution in [-0.4, -0.2) is 23.3 Å².